The highest BCUT2D eigenvalue weighted by atomic mass is 35.5. The highest BCUT2D eigenvalue weighted by molar-refractivity contribution is 6.30. The average Bonchev–Trinajstić information content (AvgIpc) is 2.51. The fourth-order valence-electron chi connectivity index (χ4n) is 2.27. The van der Waals surface area contributed by atoms with Crippen LogP contribution in [0.25, 0.3) is 0 Å². The average molecular weight is 331 g/mol. The highest BCUT2D eigenvalue weighted by Gasteiger charge is 2.05. The number of halogens is 1. The van der Waals surface area contributed by atoms with E-state index in [9.17, 15) is 4.79 Å². The summed E-state index contributed by atoms with van der Waals surface area (Å²) in [5, 5.41) is 6.85. The Morgan fingerprint density at radius 1 is 1.13 bits per heavy atom. The van der Waals surface area contributed by atoms with Crippen LogP contribution < -0.4 is 10.6 Å². The largest absolute Gasteiger partial charge is 0.384 e. The van der Waals surface area contributed by atoms with Crippen molar-refractivity contribution in [2.75, 3.05) is 17.2 Å². The molecule has 4 heteroatoms. The summed E-state index contributed by atoms with van der Waals surface area (Å²) in [4.78, 5) is 12.0. The zero-order chi connectivity index (χ0) is 16.8. The highest BCUT2D eigenvalue weighted by Crippen LogP contribution is 2.20. The third-order valence-electron chi connectivity index (χ3n) is 3.73. The van der Waals surface area contributed by atoms with Gasteiger partial charge in [0.2, 0.25) is 5.91 Å². The maximum absolute atomic E-state index is 12.0. The van der Waals surface area contributed by atoms with Gasteiger partial charge < -0.3 is 10.6 Å². The maximum atomic E-state index is 12.0. The molecule has 1 amide bonds. The fourth-order valence-corrected chi connectivity index (χ4v) is 2.44. The van der Waals surface area contributed by atoms with Gasteiger partial charge in [0.25, 0.3) is 0 Å². The molecule has 0 fully saturated rings. The number of rotatable bonds is 6. The molecule has 23 heavy (non-hydrogen) atoms. The van der Waals surface area contributed by atoms with Crippen LogP contribution in [-0.4, -0.2) is 12.5 Å². The lowest BCUT2D eigenvalue weighted by molar-refractivity contribution is -0.115. The predicted octanol–water partition coefficient (Wildman–Crippen LogP) is 5.21. The quantitative estimate of drug-likeness (QED) is 0.763. The summed E-state index contributed by atoms with van der Waals surface area (Å²) >= 11 is 5.98. The van der Waals surface area contributed by atoms with Gasteiger partial charge in [0, 0.05) is 29.4 Å². The topological polar surface area (TPSA) is 41.1 Å². The van der Waals surface area contributed by atoms with Crippen molar-refractivity contribution in [3.05, 3.63) is 58.6 Å². The second-order valence-electron chi connectivity index (χ2n) is 5.96. The van der Waals surface area contributed by atoms with Gasteiger partial charge in [-0.25, -0.2) is 0 Å². The molecule has 2 rings (SSSR count). The summed E-state index contributed by atoms with van der Waals surface area (Å²) in [5.41, 5.74) is 4.17. The Morgan fingerprint density at radius 2 is 1.83 bits per heavy atom. The first-order chi connectivity index (χ1) is 11.0. The van der Waals surface area contributed by atoms with Crippen LogP contribution in [0.15, 0.2) is 42.5 Å². The van der Waals surface area contributed by atoms with Crippen LogP contribution in [-0.2, 0) is 4.79 Å². The van der Waals surface area contributed by atoms with Crippen LogP contribution >= 0.6 is 11.6 Å². The SMILES string of the molecule is Cc1ccc(Cl)cc1NCCC(=O)Nc1ccc(C(C)C)cc1. The van der Waals surface area contributed by atoms with E-state index in [1.54, 1.807) is 0 Å². The van der Waals surface area contributed by atoms with Crippen molar-refractivity contribution in [1.82, 2.24) is 0 Å². The molecule has 0 atom stereocenters. The number of nitrogens with one attached hydrogen (secondary N) is 2. The second kappa shape index (κ2) is 8.02. The van der Waals surface area contributed by atoms with E-state index in [2.05, 4.69) is 24.5 Å². The number of benzene rings is 2. The summed E-state index contributed by atoms with van der Waals surface area (Å²) in [7, 11) is 0. The molecule has 2 aromatic carbocycles. The van der Waals surface area contributed by atoms with Gasteiger partial charge in [0.1, 0.15) is 0 Å². The Labute approximate surface area is 143 Å². The number of amides is 1. The van der Waals surface area contributed by atoms with E-state index in [0.717, 1.165) is 16.9 Å². The molecule has 122 valence electrons. The summed E-state index contributed by atoms with van der Waals surface area (Å²) in [6.45, 7) is 6.88. The minimum Gasteiger partial charge on any atom is -0.384 e. The molecule has 0 aliphatic carbocycles. The third-order valence-corrected chi connectivity index (χ3v) is 3.96. The Balaban J connectivity index is 1.82. The van der Waals surface area contributed by atoms with Crippen molar-refractivity contribution in [3.8, 4) is 0 Å². The monoisotopic (exact) mass is 330 g/mol. The number of hydrogen-bond donors (Lipinski definition) is 2. The van der Waals surface area contributed by atoms with Crippen LogP contribution in [0, 0.1) is 6.92 Å². The molecule has 0 spiro atoms. The summed E-state index contributed by atoms with van der Waals surface area (Å²) in [5.74, 6) is 0.486. The van der Waals surface area contributed by atoms with Crippen molar-refractivity contribution in [3.63, 3.8) is 0 Å². The van der Waals surface area contributed by atoms with Crippen molar-refractivity contribution < 1.29 is 4.79 Å². The Kier molecular flexibility index (Phi) is 6.05. The number of aryl methyl sites for hydroxylation is 1. The summed E-state index contributed by atoms with van der Waals surface area (Å²) < 4.78 is 0. The molecular formula is C19H23ClN2O. The zero-order valence-electron chi connectivity index (χ0n) is 13.8. The van der Waals surface area contributed by atoms with E-state index in [1.165, 1.54) is 5.56 Å². The van der Waals surface area contributed by atoms with Gasteiger partial charge in [-0.3, -0.25) is 4.79 Å². The van der Waals surface area contributed by atoms with E-state index in [4.69, 9.17) is 11.6 Å². The summed E-state index contributed by atoms with van der Waals surface area (Å²) in [6, 6.07) is 13.7. The normalized spacial score (nSPS) is 10.7. The fraction of sp³-hybridized carbons (Fsp3) is 0.316. The van der Waals surface area contributed by atoms with Gasteiger partial charge in [-0.15, -0.1) is 0 Å². The van der Waals surface area contributed by atoms with Gasteiger partial charge in [0.15, 0.2) is 0 Å². The number of carbonyl (C=O) groups excluding carboxylic acids is 1. The standard InChI is InChI=1S/C19H23ClN2O/c1-13(2)15-5-8-17(9-6-15)22-19(23)10-11-21-18-12-16(20)7-4-14(18)3/h4-9,12-13,21H,10-11H2,1-3H3,(H,22,23). The zero-order valence-corrected chi connectivity index (χ0v) is 14.6. The maximum Gasteiger partial charge on any atom is 0.226 e. The molecule has 2 aromatic rings. The molecule has 3 nitrogen and oxygen atoms in total. The van der Waals surface area contributed by atoms with E-state index in [0.29, 0.717) is 23.9 Å². The van der Waals surface area contributed by atoms with E-state index in [1.807, 2.05) is 49.4 Å². The molecule has 0 aliphatic heterocycles. The second-order valence-corrected chi connectivity index (χ2v) is 6.40. The van der Waals surface area contributed by atoms with Crippen LogP contribution in [0.5, 0.6) is 0 Å². The molecule has 0 aliphatic rings. The lowest BCUT2D eigenvalue weighted by Gasteiger charge is -2.11. The molecule has 2 N–H and O–H groups in total. The van der Waals surface area contributed by atoms with E-state index in [-0.39, 0.29) is 5.91 Å². The Bertz CT molecular complexity index is 666. The summed E-state index contributed by atoms with van der Waals surface area (Å²) in [6.07, 6.45) is 0.401. The van der Waals surface area contributed by atoms with Crippen LogP contribution in [0.3, 0.4) is 0 Å². The molecule has 0 radical (unpaired) electrons. The van der Waals surface area contributed by atoms with Crippen molar-refractivity contribution in [1.29, 1.82) is 0 Å². The van der Waals surface area contributed by atoms with Crippen LogP contribution in [0.1, 0.15) is 37.3 Å². The lowest BCUT2D eigenvalue weighted by Crippen LogP contribution is -2.16. The molecular weight excluding hydrogens is 308 g/mol. The van der Waals surface area contributed by atoms with E-state index >= 15 is 0 Å². The van der Waals surface area contributed by atoms with Gasteiger partial charge in [-0.2, -0.15) is 0 Å². The molecule has 0 saturated carbocycles. The molecule has 0 unspecified atom stereocenters. The lowest BCUT2D eigenvalue weighted by atomic mass is 10.0. The van der Waals surface area contributed by atoms with Crippen molar-refractivity contribution in [2.24, 2.45) is 0 Å². The van der Waals surface area contributed by atoms with Crippen LogP contribution in [0.4, 0.5) is 11.4 Å². The smallest absolute Gasteiger partial charge is 0.226 e. The minimum absolute atomic E-state index is 0.00511. The number of anilines is 2. The van der Waals surface area contributed by atoms with E-state index < -0.39 is 0 Å². The predicted molar refractivity (Wildman–Crippen MR) is 98.5 cm³/mol. The number of hydrogen-bond acceptors (Lipinski definition) is 2. The first-order valence-corrected chi connectivity index (χ1v) is 8.23. The van der Waals surface area contributed by atoms with Gasteiger partial charge in [0.05, 0.1) is 0 Å². The Morgan fingerprint density at radius 3 is 2.48 bits per heavy atom. The van der Waals surface area contributed by atoms with Gasteiger partial charge in [-0.1, -0.05) is 43.6 Å². The number of carbonyl (C=O) groups is 1. The molecule has 0 saturated heterocycles. The Hall–Kier alpha value is -2.00. The first kappa shape index (κ1) is 17.4. The minimum atomic E-state index is -0.00511. The molecule has 0 heterocycles. The first-order valence-electron chi connectivity index (χ1n) is 7.85. The molecule has 0 aromatic heterocycles. The third kappa shape index (κ3) is 5.29. The van der Waals surface area contributed by atoms with Crippen molar-refractivity contribution >= 4 is 28.9 Å². The molecule has 0 bridgehead atoms. The van der Waals surface area contributed by atoms with Gasteiger partial charge >= 0.3 is 0 Å². The van der Waals surface area contributed by atoms with Gasteiger partial charge in [-0.05, 0) is 48.2 Å². The van der Waals surface area contributed by atoms with Crippen molar-refractivity contribution in [2.45, 2.75) is 33.1 Å². The van der Waals surface area contributed by atoms with Crippen LogP contribution in [0.2, 0.25) is 5.02 Å².